The molecule has 0 spiro atoms. The molecule has 1 fully saturated rings. The minimum absolute atomic E-state index is 0.0434. The molecule has 3 rings (SSSR count). The SMILES string of the molecule is COC(=O)c1c(CC(=O)N2CCN(c3ccccc3F)CC2)[nH]c(C(C)=O)c1C. The van der Waals surface area contributed by atoms with Crippen molar-refractivity contribution in [2.24, 2.45) is 0 Å². The van der Waals surface area contributed by atoms with Crippen molar-refractivity contribution >= 4 is 23.3 Å². The van der Waals surface area contributed by atoms with E-state index in [4.69, 9.17) is 4.74 Å². The average Bonchev–Trinajstić information content (AvgIpc) is 3.04. The Morgan fingerprint density at radius 1 is 1.14 bits per heavy atom. The number of carbonyl (C=O) groups excluding carboxylic acids is 3. The Labute approximate surface area is 168 Å². The van der Waals surface area contributed by atoms with Crippen molar-refractivity contribution in [2.75, 3.05) is 38.2 Å². The number of nitrogens with zero attached hydrogens (tertiary/aromatic N) is 2. The number of aromatic amines is 1. The summed E-state index contributed by atoms with van der Waals surface area (Å²) in [6.07, 6.45) is -0.0434. The van der Waals surface area contributed by atoms with Crippen molar-refractivity contribution in [1.82, 2.24) is 9.88 Å². The summed E-state index contributed by atoms with van der Waals surface area (Å²) < 4.78 is 18.8. The number of aromatic nitrogens is 1. The van der Waals surface area contributed by atoms with Crippen molar-refractivity contribution in [3.05, 3.63) is 52.6 Å². The molecule has 2 heterocycles. The van der Waals surface area contributed by atoms with Gasteiger partial charge in [-0.3, -0.25) is 9.59 Å². The van der Waals surface area contributed by atoms with E-state index in [0.717, 1.165) is 0 Å². The van der Waals surface area contributed by atoms with Crippen LogP contribution in [0.4, 0.5) is 10.1 Å². The Balaban J connectivity index is 1.72. The van der Waals surface area contributed by atoms with Crippen molar-refractivity contribution in [2.45, 2.75) is 20.3 Å². The van der Waals surface area contributed by atoms with Gasteiger partial charge in [0.1, 0.15) is 5.82 Å². The number of hydrogen-bond acceptors (Lipinski definition) is 5. The number of carbonyl (C=O) groups is 3. The van der Waals surface area contributed by atoms with Crippen LogP contribution in [0.2, 0.25) is 0 Å². The molecule has 0 aliphatic carbocycles. The van der Waals surface area contributed by atoms with Gasteiger partial charge in [-0.15, -0.1) is 0 Å². The average molecular weight is 401 g/mol. The Hall–Kier alpha value is -3.16. The number of anilines is 1. The first-order chi connectivity index (χ1) is 13.8. The predicted molar refractivity (Wildman–Crippen MR) is 106 cm³/mol. The highest BCUT2D eigenvalue weighted by molar-refractivity contribution is 6.01. The van der Waals surface area contributed by atoms with E-state index in [1.165, 1.54) is 20.1 Å². The summed E-state index contributed by atoms with van der Waals surface area (Å²) >= 11 is 0. The van der Waals surface area contributed by atoms with Crippen LogP contribution in [-0.4, -0.2) is 60.8 Å². The number of piperazine rings is 1. The number of rotatable bonds is 5. The highest BCUT2D eigenvalue weighted by Gasteiger charge is 2.27. The molecule has 1 aliphatic heterocycles. The summed E-state index contributed by atoms with van der Waals surface area (Å²) in [6.45, 7) is 4.96. The Kier molecular flexibility index (Phi) is 6.00. The third-order valence-corrected chi connectivity index (χ3v) is 5.22. The minimum atomic E-state index is -0.585. The first kappa shape index (κ1) is 20.6. The molecule has 1 saturated heterocycles. The molecule has 2 aromatic rings. The molecule has 0 atom stereocenters. The van der Waals surface area contributed by atoms with E-state index in [0.29, 0.717) is 48.8 Å². The molecule has 7 nitrogen and oxygen atoms in total. The molecule has 1 N–H and O–H groups in total. The number of ketones is 1. The van der Waals surface area contributed by atoms with Crippen LogP contribution in [0.15, 0.2) is 24.3 Å². The number of para-hydroxylation sites is 1. The monoisotopic (exact) mass is 401 g/mol. The van der Waals surface area contributed by atoms with Crippen LogP contribution >= 0.6 is 0 Å². The quantitative estimate of drug-likeness (QED) is 0.614. The number of amides is 1. The van der Waals surface area contributed by atoms with Gasteiger partial charge in [0, 0.05) is 38.8 Å². The molecule has 0 unspecified atom stereocenters. The van der Waals surface area contributed by atoms with Gasteiger partial charge < -0.3 is 19.5 Å². The van der Waals surface area contributed by atoms with Gasteiger partial charge >= 0.3 is 5.97 Å². The summed E-state index contributed by atoms with van der Waals surface area (Å²) in [5.74, 6) is -1.25. The van der Waals surface area contributed by atoms with Crippen LogP contribution in [0.25, 0.3) is 0 Å². The van der Waals surface area contributed by atoms with Gasteiger partial charge in [-0.2, -0.15) is 0 Å². The normalized spacial score (nSPS) is 14.1. The fraction of sp³-hybridized carbons (Fsp3) is 0.381. The lowest BCUT2D eigenvalue weighted by molar-refractivity contribution is -0.130. The fourth-order valence-corrected chi connectivity index (χ4v) is 3.69. The number of methoxy groups -OCH3 is 1. The van der Waals surface area contributed by atoms with Crippen LogP contribution in [0.5, 0.6) is 0 Å². The first-order valence-electron chi connectivity index (χ1n) is 9.41. The Bertz CT molecular complexity index is 945. The van der Waals surface area contributed by atoms with E-state index < -0.39 is 5.97 Å². The van der Waals surface area contributed by atoms with Crippen LogP contribution in [0, 0.1) is 12.7 Å². The zero-order valence-corrected chi connectivity index (χ0v) is 16.8. The van der Waals surface area contributed by atoms with E-state index in [1.54, 1.807) is 30.0 Å². The summed E-state index contributed by atoms with van der Waals surface area (Å²) in [6, 6.07) is 6.57. The number of hydrogen-bond donors (Lipinski definition) is 1. The molecular weight excluding hydrogens is 377 g/mol. The molecular formula is C21H24FN3O4. The van der Waals surface area contributed by atoms with Crippen LogP contribution in [-0.2, 0) is 16.0 Å². The van der Waals surface area contributed by atoms with Crippen molar-refractivity contribution in [3.8, 4) is 0 Å². The largest absolute Gasteiger partial charge is 0.465 e. The number of H-pyrrole nitrogens is 1. The number of nitrogens with one attached hydrogen (secondary N) is 1. The molecule has 1 aliphatic rings. The van der Waals surface area contributed by atoms with Gasteiger partial charge in [-0.05, 0) is 24.6 Å². The molecule has 1 amide bonds. The number of ether oxygens (including phenoxy) is 1. The van der Waals surface area contributed by atoms with Crippen molar-refractivity contribution < 1.29 is 23.5 Å². The van der Waals surface area contributed by atoms with Gasteiger partial charge in [0.05, 0.1) is 30.5 Å². The lowest BCUT2D eigenvalue weighted by Crippen LogP contribution is -2.49. The van der Waals surface area contributed by atoms with Gasteiger partial charge in [-0.1, -0.05) is 12.1 Å². The topological polar surface area (TPSA) is 82.7 Å². The second-order valence-corrected chi connectivity index (χ2v) is 7.02. The summed E-state index contributed by atoms with van der Waals surface area (Å²) in [5, 5.41) is 0. The first-order valence-corrected chi connectivity index (χ1v) is 9.41. The van der Waals surface area contributed by atoms with Gasteiger partial charge in [0.15, 0.2) is 5.78 Å². The number of esters is 1. The van der Waals surface area contributed by atoms with Crippen LogP contribution < -0.4 is 4.90 Å². The smallest absolute Gasteiger partial charge is 0.339 e. The van der Waals surface area contributed by atoms with Gasteiger partial charge in [0.2, 0.25) is 5.91 Å². The summed E-state index contributed by atoms with van der Waals surface area (Å²) in [7, 11) is 1.26. The van der Waals surface area contributed by atoms with E-state index in [9.17, 15) is 18.8 Å². The summed E-state index contributed by atoms with van der Waals surface area (Å²) in [4.78, 5) is 43.3. The molecule has 154 valence electrons. The zero-order valence-electron chi connectivity index (χ0n) is 16.8. The van der Waals surface area contributed by atoms with E-state index in [1.807, 2.05) is 4.90 Å². The lowest BCUT2D eigenvalue weighted by Gasteiger charge is -2.36. The minimum Gasteiger partial charge on any atom is -0.465 e. The molecule has 1 aromatic heterocycles. The second-order valence-electron chi connectivity index (χ2n) is 7.02. The maximum atomic E-state index is 14.0. The Morgan fingerprint density at radius 3 is 2.38 bits per heavy atom. The van der Waals surface area contributed by atoms with Gasteiger partial charge in [-0.25, -0.2) is 9.18 Å². The van der Waals surface area contributed by atoms with Crippen molar-refractivity contribution in [3.63, 3.8) is 0 Å². The molecule has 8 heteroatoms. The molecule has 29 heavy (non-hydrogen) atoms. The molecule has 1 aromatic carbocycles. The predicted octanol–water partition coefficient (Wildman–Crippen LogP) is 2.34. The standard InChI is InChI=1S/C21H24FN3O4/c1-13-19(21(28)29-3)16(23-20(13)14(2)26)12-18(27)25-10-8-24(9-11-25)17-7-5-4-6-15(17)22/h4-7,23H,8-12H2,1-3H3. The molecule has 0 bridgehead atoms. The highest BCUT2D eigenvalue weighted by atomic mass is 19.1. The fourth-order valence-electron chi connectivity index (χ4n) is 3.69. The number of Topliss-reactive ketones (excluding diaryl/α,β-unsaturated/α-hetero) is 1. The third kappa shape index (κ3) is 4.16. The second kappa shape index (κ2) is 8.46. The van der Waals surface area contributed by atoms with Crippen LogP contribution in [0.3, 0.4) is 0 Å². The number of benzene rings is 1. The zero-order chi connectivity index (χ0) is 21.1. The number of halogens is 1. The maximum absolute atomic E-state index is 14.0. The third-order valence-electron chi connectivity index (χ3n) is 5.22. The highest BCUT2D eigenvalue weighted by Crippen LogP contribution is 2.23. The molecule has 0 radical (unpaired) electrons. The van der Waals surface area contributed by atoms with E-state index in [2.05, 4.69) is 4.98 Å². The van der Waals surface area contributed by atoms with E-state index >= 15 is 0 Å². The summed E-state index contributed by atoms with van der Waals surface area (Å²) in [5.41, 5.74) is 1.92. The Morgan fingerprint density at radius 2 is 1.79 bits per heavy atom. The lowest BCUT2D eigenvalue weighted by atomic mass is 10.1. The van der Waals surface area contributed by atoms with Crippen LogP contribution in [0.1, 0.15) is 39.0 Å². The molecule has 0 saturated carbocycles. The maximum Gasteiger partial charge on any atom is 0.339 e. The van der Waals surface area contributed by atoms with Gasteiger partial charge in [0.25, 0.3) is 0 Å². The van der Waals surface area contributed by atoms with E-state index in [-0.39, 0.29) is 29.5 Å². The van der Waals surface area contributed by atoms with Crippen molar-refractivity contribution in [1.29, 1.82) is 0 Å².